The van der Waals surface area contributed by atoms with Gasteiger partial charge in [-0.05, 0) is 30.2 Å². The molecule has 1 heterocycles. The standard InChI is InChI=1S/C13H13NO2/c1-3-4-10-8-14-12-6-5-9(7-11(10)12)13(15)16-2/h3,5-8,14H,1,4H2,2H3. The van der Waals surface area contributed by atoms with E-state index in [9.17, 15) is 4.79 Å². The van der Waals surface area contributed by atoms with Crippen LogP contribution in [-0.2, 0) is 11.2 Å². The lowest BCUT2D eigenvalue weighted by Crippen LogP contribution is -2.00. The van der Waals surface area contributed by atoms with E-state index in [-0.39, 0.29) is 5.97 Å². The van der Waals surface area contributed by atoms with Gasteiger partial charge in [-0.25, -0.2) is 4.79 Å². The molecule has 0 unspecified atom stereocenters. The van der Waals surface area contributed by atoms with E-state index in [4.69, 9.17) is 4.74 Å². The molecule has 0 saturated heterocycles. The van der Waals surface area contributed by atoms with Crippen LogP contribution in [0.4, 0.5) is 0 Å². The van der Waals surface area contributed by atoms with Crippen molar-refractivity contribution in [3.63, 3.8) is 0 Å². The van der Waals surface area contributed by atoms with Gasteiger partial charge in [-0.15, -0.1) is 6.58 Å². The molecule has 0 aliphatic carbocycles. The molecule has 82 valence electrons. The molecular formula is C13H13NO2. The zero-order valence-corrected chi connectivity index (χ0v) is 9.12. The van der Waals surface area contributed by atoms with Crippen molar-refractivity contribution in [3.8, 4) is 0 Å². The van der Waals surface area contributed by atoms with Gasteiger partial charge in [0.1, 0.15) is 0 Å². The number of hydrogen-bond donors (Lipinski definition) is 1. The normalized spacial score (nSPS) is 10.3. The number of fused-ring (bicyclic) bond motifs is 1. The molecule has 3 heteroatoms. The van der Waals surface area contributed by atoms with Crippen molar-refractivity contribution < 1.29 is 9.53 Å². The van der Waals surface area contributed by atoms with Gasteiger partial charge < -0.3 is 9.72 Å². The fraction of sp³-hybridized carbons (Fsp3) is 0.154. The second-order valence-corrected chi connectivity index (χ2v) is 3.56. The molecular weight excluding hydrogens is 202 g/mol. The van der Waals surface area contributed by atoms with Gasteiger partial charge in [-0.2, -0.15) is 0 Å². The van der Waals surface area contributed by atoms with E-state index in [1.165, 1.54) is 7.11 Å². The molecule has 0 bridgehead atoms. The number of ether oxygens (including phenoxy) is 1. The number of aromatic nitrogens is 1. The van der Waals surface area contributed by atoms with Crippen molar-refractivity contribution in [1.29, 1.82) is 0 Å². The third-order valence-electron chi connectivity index (χ3n) is 2.55. The van der Waals surface area contributed by atoms with Gasteiger partial charge in [-0.1, -0.05) is 6.08 Å². The summed E-state index contributed by atoms with van der Waals surface area (Å²) in [5.74, 6) is -0.312. The maximum absolute atomic E-state index is 11.4. The quantitative estimate of drug-likeness (QED) is 0.631. The highest BCUT2D eigenvalue weighted by Gasteiger charge is 2.08. The Balaban J connectivity index is 2.53. The predicted molar refractivity (Wildman–Crippen MR) is 63.5 cm³/mol. The third-order valence-corrected chi connectivity index (χ3v) is 2.55. The summed E-state index contributed by atoms with van der Waals surface area (Å²) in [6.07, 6.45) is 4.56. The average molecular weight is 215 g/mol. The molecule has 0 atom stereocenters. The largest absolute Gasteiger partial charge is 0.465 e. The molecule has 16 heavy (non-hydrogen) atoms. The van der Waals surface area contributed by atoms with Crippen molar-refractivity contribution in [2.45, 2.75) is 6.42 Å². The molecule has 0 amide bonds. The number of nitrogens with one attached hydrogen (secondary N) is 1. The molecule has 0 fully saturated rings. The lowest BCUT2D eigenvalue weighted by molar-refractivity contribution is 0.0601. The van der Waals surface area contributed by atoms with Crippen LogP contribution in [0.25, 0.3) is 10.9 Å². The van der Waals surface area contributed by atoms with E-state index in [0.29, 0.717) is 5.56 Å². The summed E-state index contributed by atoms with van der Waals surface area (Å²) in [6, 6.07) is 5.48. The van der Waals surface area contributed by atoms with Crippen molar-refractivity contribution in [2.24, 2.45) is 0 Å². The van der Waals surface area contributed by atoms with E-state index < -0.39 is 0 Å². The summed E-state index contributed by atoms with van der Waals surface area (Å²) in [5, 5.41) is 1.04. The number of carbonyl (C=O) groups is 1. The second kappa shape index (κ2) is 4.23. The second-order valence-electron chi connectivity index (χ2n) is 3.56. The molecule has 2 aromatic rings. The van der Waals surface area contributed by atoms with Crippen LogP contribution in [-0.4, -0.2) is 18.1 Å². The first kappa shape index (κ1) is 10.5. The first-order chi connectivity index (χ1) is 7.76. The number of carbonyl (C=O) groups excluding carboxylic acids is 1. The van der Waals surface area contributed by atoms with E-state index in [1.807, 2.05) is 24.4 Å². The van der Waals surface area contributed by atoms with Crippen LogP contribution in [0.1, 0.15) is 15.9 Å². The van der Waals surface area contributed by atoms with Crippen LogP contribution in [0, 0.1) is 0 Å². The highest BCUT2D eigenvalue weighted by atomic mass is 16.5. The monoisotopic (exact) mass is 215 g/mol. The van der Waals surface area contributed by atoms with Gasteiger partial charge in [0.2, 0.25) is 0 Å². The number of H-pyrrole nitrogens is 1. The Morgan fingerprint density at radius 2 is 2.38 bits per heavy atom. The summed E-state index contributed by atoms with van der Waals surface area (Å²) < 4.78 is 4.69. The topological polar surface area (TPSA) is 42.1 Å². The minimum atomic E-state index is -0.312. The van der Waals surface area contributed by atoms with Crippen LogP contribution in [0.5, 0.6) is 0 Å². The highest BCUT2D eigenvalue weighted by Crippen LogP contribution is 2.20. The molecule has 3 nitrogen and oxygen atoms in total. The lowest BCUT2D eigenvalue weighted by Gasteiger charge is -2.00. The molecule has 2 rings (SSSR count). The highest BCUT2D eigenvalue weighted by molar-refractivity contribution is 5.95. The predicted octanol–water partition coefficient (Wildman–Crippen LogP) is 2.68. The Morgan fingerprint density at radius 3 is 3.06 bits per heavy atom. The number of hydrogen-bond acceptors (Lipinski definition) is 2. The first-order valence-corrected chi connectivity index (χ1v) is 5.05. The maximum atomic E-state index is 11.4. The van der Waals surface area contributed by atoms with Gasteiger partial charge in [-0.3, -0.25) is 0 Å². The Labute approximate surface area is 93.7 Å². The van der Waals surface area contributed by atoms with Crippen molar-refractivity contribution in [2.75, 3.05) is 7.11 Å². The summed E-state index contributed by atoms with van der Waals surface area (Å²) in [7, 11) is 1.38. The first-order valence-electron chi connectivity index (χ1n) is 5.05. The minimum Gasteiger partial charge on any atom is -0.465 e. The Kier molecular flexibility index (Phi) is 2.77. The van der Waals surface area contributed by atoms with Gasteiger partial charge in [0.15, 0.2) is 0 Å². The van der Waals surface area contributed by atoms with Gasteiger partial charge in [0, 0.05) is 17.1 Å². The van der Waals surface area contributed by atoms with E-state index in [2.05, 4.69) is 11.6 Å². The Morgan fingerprint density at radius 1 is 1.56 bits per heavy atom. The smallest absolute Gasteiger partial charge is 0.337 e. The summed E-state index contributed by atoms with van der Waals surface area (Å²) in [6.45, 7) is 3.71. The van der Waals surface area contributed by atoms with E-state index >= 15 is 0 Å². The number of allylic oxidation sites excluding steroid dienone is 1. The zero-order valence-electron chi connectivity index (χ0n) is 9.12. The molecule has 1 N–H and O–H groups in total. The number of methoxy groups -OCH3 is 1. The van der Waals surface area contributed by atoms with Gasteiger partial charge in [0.25, 0.3) is 0 Å². The Hall–Kier alpha value is -2.03. The summed E-state index contributed by atoms with van der Waals surface area (Å²) in [4.78, 5) is 14.6. The van der Waals surface area contributed by atoms with E-state index in [0.717, 1.165) is 22.9 Å². The van der Waals surface area contributed by atoms with Crippen LogP contribution >= 0.6 is 0 Å². The number of rotatable bonds is 3. The Bertz CT molecular complexity index is 540. The molecule has 0 radical (unpaired) electrons. The fourth-order valence-corrected chi connectivity index (χ4v) is 1.75. The van der Waals surface area contributed by atoms with Crippen molar-refractivity contribution in [1.82, 2.24) is 4.98 Å². The lowest BCUT2D eigenvalue weighted by atomic mass is 10.1. The van der Waals surface area contributed by atoms with Crippen LogP contribution in [0.2, 0.25) is 0 Å². The molecule has 0 saturated carbocycles. The van der Waals surface area contributed by atoms with Crippen molar-refractivity contribution in [3.05, 3.63) is 48.2 Å². The van der Waals surface area contributed by atoms with Crippen LogP contribution in [0.15, 0.2) is 37.1 Å². The minimum absolute atomic E-state index is 0.312. The summed E-state index contributed by atoms with van der Waals surface area (Å²) in [5.41, 5.74) is 2.72. The van der Waals surface area contributed by atoms with Gasteiger partial charge in [0.05, 0.1) is 12.7 Å². The average Bonchev–Trinajstić information content (AvgIpc) is 2.71. The molecule has 0 aliphatic rings. The number of aromatic amines is 1. The number of esters is 1. The number of benzene rings is 1. The van der Waals surface area contributed by atoms with E-state index in [1.54, 1.807) is 6.07 Å². The van der Waals surface area contributed by atoms with Gasteiger partial charge >= 0.3 is 5.97 Å². The third kappa shape index (κ3) is 1.72. The van der Waals surface area contributed by atoms with Crippen molar-refractivity contribution >= 4 is 16.9 Å². The molecule has 0 spiro atoms. The molecule has 0 aliphatic heterocycles. The molecule has 1 aromatic heterocycles. The molecule has 1 aromatic carbocycles. The maximum Gasteiger partial charge on any atom is 0.337 e. The zero-order chi connectivity index (χ0) is 11.5. The SMILES string of the molecule is C=CCc1c[nH]c2ccc(C(=O)OC)cc12. The van der Waals surface area contributed by atoms with Crippen LogP contribution in [0.3, 0.4) is 0 Å². The van der Waals surface area contributed by atoms with Crippen LogP contribution < -0.4 is 0 Å². The fourth-order valence-electron chi connectivity index (χ4n) is 1.75. The summed E-state index contributed by atoms with van der Waals surface area (Å²) >= 11 is 0.